The van der Waals surface area contributed by atoms with Crippen molar-refractivity contribution in [1.82, 2.24) is 0 Å². The summed E-state index contributed by atoms with van der Waals surface area (Å²) in [5.41, 5.74) is 0. The summed E-state index contributed by atoms with van der Waals surface area (Å²) in [5.74, 6) is -0.217. The Balaban J connectivity index is 2.01. The van der Waals surface area contributed by atoms with E-state index in [0.29, 0.717) is 6.10 Å². The van der Waals surface area contributed by atoms with E-state index in [1.54, 1.807) is 0 Å². The van der Waals surface area contributed by atoms with E-state index in [2.05, 4.69) is 6.08 Å². The molecular formula is C10H14O3. The highest BCUT2D eigenvalue weighted by molar-refractivity contribution is 5.66. The van der Waals surface area contributed by atoms with Crippen LogP contribution in [0.1, 0.15) is 26.2 Å². The average molecular weight is 182 g/mol. The second-order valence-electron chi connectivity index (χ2n) is 3.61. The molecule has 2 aliphatic rings. The van der Waals surface area contributed by atoms with Crippen molar-refractivity contribution < 1.29 is 14.3 Å². The molecule has 0 N–H and O–H groups in total. The maximum atomic E-state index is 10.8. The molecule has 2 aliphatic heterocycles. The third-order valence-corrected chi connectivity index (χ3v) is 2.53. The SMILES string of the molecule is CC(=O)OC1CCC2CC=CC1O2. The van der Waals surface area contributed by atoms with Gasteiger partial charge in [-0.3, -0.25) is 4.79 Å². The first-order valence-electron chi connectivity index (χ1n) is 4.75. The average Bonchev–Trinajstić information content (AvgIpc) is 2.10. The van der Waals surface area contributed by atoms with Crippen LogP contribution in [0.25, 0.3) is 0 Å². The Labute approximate surface area is 77.7 Å². The van der Waals surface area contributed by atoms with E-state index in [4.69, 9.17) is 9.47 Å². The van der Waals surface area contributed by atoms with Crippen LogP contribution in [-0.4, -0.2) is 24.3 Å². The van der Waals surface area contributed by atoms with Crippen LogP contribution in [0.4, 0.5) is 0 Å². The molecule has 2 bridgehead atoms. The summed E-state index contributed by atoms with van der Waals surface area (Å²) in [7, 11) is 0. The fraction of sp³-hybridized carbons (Fsp3) is 0.700. The van der Waals surface area contributed by atoms with E-state index in [1.807, 2.05) is 6.08 Å². The van der Waals surface area contributed by atoms with Crippen molar-refractivity contribution in [2.75, 3.05) is 0 Å². The van der Waals surface area contributed by atoms with E-state index in [0.717, 1.165) is 19.3 Å². The molecule has 3 unspecified atom stereocenters. The van der Waals surface area contributed by atoms with Crippen LogP contribution in [0.5, 0.6) is 0 Å². The van der Waals surface area contributed by atoms with E-state index < -0.39 is 0 Å². The summed E-state index contributed by atoms with van der Waals surface area (Å²) in [4.78, 5) is 10.8. The van der Waals surface area contributed by atoms with Gasteiger partial charge < -0.3 is 9.47 Å². The predicted octanol–water partition coefficient (Wildman–Crippen LogP) is 1.43. The maximum absolute atomic E-state index is 10.8. The van der Waals surface area contributed by atoms with Crippen molar-refractivity contribution >= 4 is 5.97 Å². The van der Waals surface area contributed by atoms with Gasteiger partial charge in [-0.15, -0.1) is 0 Å². The first-order chi connectivity index (χ1) is 6.25. The minimum atomic E-state index is -0.217. The van der Waals surface area contributed by atoms with Gasteiger partial charge in [-0.2, -0.15) is 0 Å². The van der Waals surface area contributed by atoms with Crippen LogP contribution in [-0.2, 0) is 14.3 Å². The van der Waals surface area contributed by atoms with Gasteiger partial charge in [0, 0.05) is 6.92 Å². The van der Waals surface area contributed by atoms with Gasteiger partial charge in [-0.1, -0.05) is 12.2 Å². The van der Waals surface area contributed by atoms with Gasteiger partial charge in [0.05, 0.1) is 6.10 Å². The molecule has 2 heterocycles. The molecule has 1 fully saturated rings. The lowest BCUT2D eigenvalue weighted by atomic mass is 9.95. The fourth-order valence-corrected chi connectivity index (χ4v) is 1.94. The predicted molar refractivity (Wildman–Crippen MR) is 47.2 cm³/mol. The monoisotopic (exact) mass is 182 g/mol. The standard InChI is InChI=1S/C10H14O3/c1-7(11)12-10-6-5-8-3-2-4-9(10)13-8/h2,4,8-10H,3,5-6H2,1H3. The Kier molecular flexibility index (Phi) is 2.36. The second kappa shape index (κ2) is 3.50. The van der Waals surface area contributed by atoms with Crippen molar-refractivity contribution in [3.8, 4) is 0 Å². The first kappa shape index (κ1) is 8.75. The quantitative estimate of drug-likeness (QED) is 0.454. The zero-order chi connectivity index (χ0) is 9.26. The summed E-state index contributed by atoms with van der Waals surface area (Å²) in [6.07, 6.45) is 7.34. The number of hydrogen-bond acceptors (Lipinski definition) is 3. The Morgan fingerprint density at radius 1 is 1.54 bits per heavy atom. The molecule has 13 heavy (non-hydrogen) atoms. The molecule has 3 heteroatoms. The number of hydrogen-bond donors (Lipinski definition) is 0. The Morgan fingerprint density at radius 3 is 3.15 bits per heavy atom. The molecule has 1 saturated heterocycles. The highest BCUT2D eigenvalue weighted by Gasteiger charge is 2.33. The first-order valence-corrected chi connectivity index (χ1v) is 4.75. The Bertz CT molecular complexity index is 234. The lowest BCUT2D eigenvalue weighted by Gasteiger charge is -2.36. The van der Waals surface area contributed by atoms with Gasteiger partial charge in [0.25, 0.3) is 0 Å². The van der Waals surface area contributed by atoms with Crippen molar-refractivity contribution in [2.24, 2.45) is 0 Å². The van der Waals surface area contributed by atoms with E-state index in [9.17, 15) is 4.79 Å². The number of fused-ring (bicyclic) bond motifs is 2. The zero-order valence-corrected chi connectivity index (χ0v) is 7.73. The minimum Gasteiger partial charge on any atom is -0.459 e. The number of esters is 1. The van der Waals surface area contributed by atoms with Gasteiger partial charge >= 0.3 is 5.97 Å². The summed E-state index contributed by atoms with van der Waals surface area (Å²) in [6.45, 7) is 1.44. The fourth-order valence-electron chi connectivity index (χ4n) is 1.94. The maximum Gasteiger partial charge on any atom is 0.303 e. The molecule has 0 aromatic carbocycles. The Morgan fingerprint density at radius 2 is 2.38 bits per heavy atom. The third-order valence-electron chi connectivity index (χ3n) is 2.53. The van der Waals surface area contributed by atoms with E-state index >= 15 is 0 Å². The van der Waals surface area contributed by atoms with Crippen molar-refractivity contribution in [3.63, 3.8) is 0 Å². The molecule has 0 radical (unpaired) electrons. The molecule has 0 aromatic rings. The van der Waals surface area contributed by atoms with Gasteiger partial charge in [0.2, 0.25) is 0 Å². The molecule has 0 spiro atoms. The molecule has 3 nitrogen and oxygen atoms in total. The van der Waals surface area contributed by atoms with E-state index in [1.165, 1.54) is 6.92 Å². The minimum absolute atomic E-state index is 0.00333. The summed E-state index contributed by atoms with van der Waals surface area (Å²) in [5, 5.41) is 0. The van der Waals surface area contributed by atoms with Crippen LogP contribution >= 0.6 is 0 Å². The van der Waals surface area contributed by atoms with Gasteiger partial charge in [0.1, 0.15) is 12.2 Å². The lowest BCUT2D eigenvalue weighted by Crippen LogP contribution is -2.41. The Hall–Kier alpha value is -0.830. The zero-order valence-electron chi connectivity index (χ0n) is 7.73. The second-order valence-corrected chi connectivity index (χ2v) is 3.61. The third kappa shape index (κ3) is 1.91. The molecule has 0 amide bonds. The summed E-state index contributed by atoms with van der Waals surface area (Å²) < 4.78 is 10.8. The molecule has 0 saturated carbocycles. The molecule has 72 valence electrons. The molecule has 2 rings (SSSR count). The van der Waals surface area contributed by atoms with E-state index in [-0.39, 0.29) is 18.2 Å². The van der Waals surface area contributed by atoms with Crippen LogP contribution in [0.15, 0.2) is 12.2 Å². The summed E-state index contributed by atoms with van der Waals surface area (Å²) >= 11 is 0. The topological polar surface area (TPSA) is 35.5 Å². The van der Waals surface area contributed by atoms with Crippen LogP contribution in [0.3, 0.4) is 0 Å². The van der Waals surface area contributed by atoms with Crippen molar-refractivity contribution in [1.29, 1.82) is 0 Å². The van der Waals surface area contributed by atoms with Crippen LogP contribution in [0.2, 0.25) is 0 Å². The smallest absolute Gasteiger partial charge is 0.303 e. The highest BCUT2D eigenvalue weighted by atomic mass is 16.6. The molecule has 0 aliphatic carbocycles. The number of carbonyl (C=O) groups is 1. The van der Waals surface area contributed by atoms with Gasteiger partial charge in [-0.25, -0.2) is 0 Å². The van der Waals surface area contributed by atoms with Crippen LogP contribution in [0, 0.1) is 0 Å². The normalized spacial score (nSPS) is 37.2. The molecular weight excluding hydrogens is 168 g/mol. The number of carbonyl (C=O) groups excluding carboxylic acids is 1. The lowest BCUT2D eigenvalue weighted by molar-refractivity contribution is -0.164. The number of rotatable bonds is 1. The number of ether oxygens (including phenoxy) is 2. The van der Waals surface area contributed by atoms with Crippen molar-refractivity contribution in [3.05, 3.63) is 12.2 Å². The van der Waals surface area contributed by atoms with Crippen LogP contribution < -0.4 is 0 Å². The molecule has 3 atom stereocenters. The van der Waals surface area contributed by atoms with Crippen molar-refractivity contribution in [2.45, 2.75) is 44.5 Å². The summed E-state index contributed by atoms with van der Waals surface area (Å²) in [6, 6.07) is 0. The van der Waals surface area contributed by atoms with Gasteiger partial charge in [0.15, 0.2) is 0 Å². The molecule has 0 aromatic heterocycles. The highest BCUT2D eigenvalue weighted by Crippen LogP contribution is 2.28. The largest absolute Gasteiger partial charge is 0.459 e. The van der Waals surface area contributed by atoms with Gasteiger partial charge in [-0.05, 0) is 19.3 Å².